The highest BCUT2D eigenvalue weighted by molar-refractivity contribution is 9.10. The topological polar surface area (TPSA) is 69.6 Å². The predicted molar refractivity (Wildman–Crippen MR) is 82.1 cm³/mol. The highest BCUT2D eigenvalue weighted by Gasteiger charge is 2.17. The zero-order chi connectivity index (χ0) is 15.3. The summed E-state index contributed by atoms with van der Waals surface area (Å²) < 4.78 is 0.946. The summed E-state index contributed by atoms with van der Waals surface area (Å²) in [6, 6.07) is 3.43. The number of halogens is 1. The molecule has 6 heteroatoms. The van der Waals surface area contributed by atoms with Gasteiger partial charge in [0, 0.05) is 16.7 Å². The van der Waals surface area contributed by atoms with Gasteiger partial charge in [0.15, 0.2) is 0 Å². The number of carbonyl (C=O) groups is 2. The number of amides is 2. The normalized spacial score (nSPS) is 10.2. The number of nitrogens with one attached hydrogen (secondary N) is 1. The Morgan fingerprint density at radius 2 is 1.85 bits per heavy atom. The Morgan fingerprint density at radius 3 is 2.30 bits per heavy atom. The van der Waals surface area contributed by atoms with E-state index in [0.717, 1.165) is 21.3 Å². The first kappa shape index (κ1) is 16.5. The summed E-state index contributed by atoms with van der Waals surface area (Å²) in [5.41, 5.74) is 2.58. The fourth-order valence-electron chi connectivity index (χ4n) is 1.98. The number of aryl methyl sites for hydroxylation is 2. The average molecular weight is 343 g/mol. The largest absolute Gasteiger partial charge is 0.480 e. The minimum atomic E-state index is -1.02. The van der Waals surface area contributed by atoms with Crippen LogP contribution in [-0.2, 0) is 4.79 Å². The lowest BCUT2D eigenvalue weighted by Gasteiger charge is -2.22. The molecule has 0 atom stereocenters. The van der Waals surface area contributed by atoms with Crippen molar-refractivity contribution in [1.82, 2.24) is 4.90 Å². The molecule has 0 aliphatic heterocycles. The van der Waals surface area contributed by atoms with Crippen LogP contribution in [0.25, 0.3) is 0 Å². The number of hydrogen-bond acceptors (Lipinski definition) is 2. The number of carboxylic acids is 1. The van der Waals surface area contributed by atoms with Crippen LogP contribution in [0.3, 0.4) is 0 Å². The van der Waals surface area contributed by atoms with Gasteiger partial charge in [-0.3, -0.25) is 4.79 Å². The molecule has 0 saturated heterocycles. The molecule has 0 saturated carbocycles. The van der Waals surface area contributed by atoms with Crippen molar-refractivity contribution < 1.29 is 14.7 Å². The van der Waals surface area contributed by atoms with Gasteiger partial charge in [0.1, 0.15) is 6.54 Å². The predicted octanol–water partition coefficient (Wildman–Crippen LogP) is 3.39. The molecule has 2 N–H and O–H groups in total. The van der Waals surface area contributed by atoms with E-state index in [4.69, 9.17) is 5.11 Å². The number of nitrogens with zero attached hydrogens (tertiary/aromatic N) is 1. The van der Waals surface area contributed by atoms with Crippen LogP contribution in [0, 0.1) is 13.8 Å². The van der Waals surface area contributed by atoms with Crippen molar-refractivity contribution in [2.45, 2.75) is 27.2 Å². The maximum absolute atomic E-state index is 12.2. The van der Waals surface area contributed by atoms with Crippen molar-refractivity contribution in [3.63, 3.8) is 0 Å². The van der Waals surface area contributed by atoms with Gasteiger partial charge in [-0.2, -0.15) is 0 Å². The first-order valence-electron chi connectivity index (χ1n) is 6.39. The lowest BCUT2D eigenvalue weighted by molar-refractivity contribution is -0.137. The molecule has 0 radical (unpaired) electrons. The molecule has 2 amide bonds. The molecule has 0 heterocycles. The first-order chi connectivity index (χ1) is 9.35. The van der Waals surface area contributed by atoms with Crippen molar-refractivity contribution in [2.75, 3.05) is 18.4 Å². The Kier molecular flexibility index (Phi) is 6.01. The van der Waals surface area contributed by atoms with Gasteiger partial charge in [0.25, 0.3) is 0 Å². The van der Waals surface area contributed by atoms with E-state index in [1.807, 2.05) is 32.9 Å². The summed E-state index contributed by atoms with van der Waals surface area (Å²) in [5, 5.41) is 11.6. The maximum atomic E-state index is 12.2. The van der Waals surface area contributed by atoms with Gasteiger partial charge in [-0.15, -0.1) is 0 Å². The number of carboxylic acid groups (broad SMARTS) is 1. The highest BCUT2D eigenvalue weighted by atomic mass is 79.9. The minimum absolute atomic E-state index is 0.297. The van der Waals surface area contributed by atoms with E-state index in [2.05, 4.69) is 21.2 Å². The molecule has 0 bridgehead atoms. The fourth-order valence-corrected chi connectivity index (χ4v) is 2.67. The standard InChI is InChI=1S/C14H19BrN2O3/c1-4-5-17(8-12(18)19)14(20)16-13-9(2)6-11(15)7-10(13)3/h6-7H,4-5,8H2,1-3H3,(H,16,20)(H,18,19). The lowest BCUT2D eigenvalue weighted by Crippen LogP contribution is -2.39. The molecule has 0 aliphatic carbocycles. The third-order valence-corrected chi connectivity index (χ3v) is 3.29. The molecule has 5 nitrogen and oxygen atoms in total. The lowest BCUT2D eigenvalue weighted by atomic mass is 10.1. The summed E-state index contributed by atoms with van der Waals surface area (Å²) in [6.45, 7) is 5.81. The number of anilines is 1. The van der Waals surface area contributed by atoms with Crippen molar-refractivity contribution in [1.29, 1.82) is 0 Å². The van der Waals surface area contributed by atoms with E-state index in [-0.39, 0.29) is 12.6 Å². The molecule has 1 aromatic carbocycles. The van der Waals surface area contributed by atoms with E-state index in [1.54, 1.807) is 0 Å². The highest BCUT2D eigenvalue weighted by Crippen LogP contribution is 2.25. The Bertz CT molecular complexity index is 494. The molecule has 0 unspecified atom stereocenters. The maximum Gasteiger partial charge on any atom is 0.323 e. The Morgan fingerprint density at radius 1 is 1.30 bits per heavy atom. The van der Waals surface area contributed by atoms with Crippen molar-refractivity contribution in [2.24, 2.45) is 0 Å². The van der Waals surface area contributed by atoms with Crippen LogP contribution in [0.5, 0.6) is 0 Å². The number of urea groups is 1. The minimum Gasteiger partial charge on any atom is -0.480 e. The van der Waals surface area contributed by atoms with Gasteiger partial charge >= 0.3 is 12.0 Å². The molecule has 1 rings (SSSR count). The molecule has 20 heavy (non-hydrogen) atoms. The summed E-state index contributed by atoms with van der Waals surface area (Å²) in [7, 11) is 0. The van der Waals surface area contributed by atoms with Crippen LogP contribution in [0.15, 0.2) is 16.6 Å². The molecule has 110 valence electrons. The number of benzene rings is 1. The summed E-state index contributed by atoms with van der Waals surface area (Å²) in [5.74, 6) is -1.02. The van der Waals surface area contributed by atoms with Crippen LogP contribution in [0.1, 0.15) is 24.5 Å². The molecule has 0 fully saturated rings. The van der Waals surface area contributed by atoms with Crippen LogP contribution < -0.4 is 5.32 Å². The van der Waals surface area contributed by atoms with Gasteiger partial charge in [0.05, 0.1) is 0 Å². The monoisotopic (exact) mass is 342 g/mol. The second-order valence-electron chi connectivity index (χ2n) is 4.66. The zero-order valence-electron chi connectivity index (χ0n) is 11.9. The van der Waals surface area contributed by atoms with Gasteiger partial charge in [0.2, 0.25) is 0 Å². The zero-order valence-corrected chi connectivity index (χ0v) is 13.5. The van der Waals surface area contributed by atoms with E-state index < -0.39 is 5.97 Å². The van der Waals surface area contributed by atoms with E-state index in [1.165, 1.54) is 4.90 Å². The van der Waals surface area contributed by atoms with Gasteiger partial charge in [-0.25, -0.2) is 4.79 Å². The Labute approximate surface area is 127 Å². The Balaban J connectivity index is 2.90. The fraction of sp³-hybridized carbons (Fsp3) is 0.429. The van der Waals surface area contributed by atoms with Crippen molar-refractivity contribution in [3.05, 3.63) is 27.7 Å². The van der Waals surface area contributed by atoms with Gasteiger partial charge in [-0.1, -0.05) is 22.9 Å². The smallest absolute Gasteiger partial charge is 0.323 e. The summed E-state index contributed by atoms with van der Waals surface area (Å²) in [4.78, 5) is 24.3. The molecule has 0 aliphatic rings. The van der Waals surface area contributed by atoms with Crippen LogP contribution in [-0.4, -0.2) is 35.1 Å². The molecular formula is C14H19BrN2O3. The number of carbonyl (C=O) groups excluding carboxylic acids is 1. The number of hydrogen-bond donors (Lipinski definition) is 2. The molecule has 1 aromatic rings. The number of rotatable bonds is 5. The second-order valence-corrected chi connectivity index (χ2v) is 5.58. The summed E-state index contributed by atoms with van der Waals surface area (Å²) in [6.07, 6.45) is 0.707. The Hall–Kier alpha value is -1.56. The van der Waals surface area contributed by atoms with Crippen LogP contribution in [0.4, 0.5) is 10.5 Å². The van der Waals surface area contributed by atoms with E-state index in [9.17, 15) is 9.59 Å². The van der Waals surface area contributed by atoms with Crippen molar-refractivity contribution >= 4 is 33.6 Å². The van der Waals surface area contributed by atoms with E-state index >= 15 is 0 Å². The van der Waals surface area contributed by atoms with Crippen LogP contribution in [0.2, 0.25) is 0 Å². The third kappa shape index (κ3) is 4.52. The third-order valence-electron chi connectivity index (χ3n) is 2.84. The molecular weight excluding hydrogens is 324 g/mol. The van der Waals surface area contributed by atoms with Gasteiger partial charge < -0.3 is 15.3 Å². The molecule has 0 aromatic heterocycles. The average Bonchev–Trinajstić information content (AvgIpc) is 2.32. The van der Waals surface area contributed by atoms with E-state index in [0.29, 0.717) is 13.0 Å². The number of aliphatic carboxylic acids is 1. The van der Waals surface area contributed by atoms with Crippen LogP contribution >= 0.6 is 15.9 Å². The summed E-state index contributed by atoms with van der Waals surface area (Å²) >= 11 is 3.40. The van der Waals surface area contributed by atoms with Gasteiger partial charge in [-0.05, 0) is 43.5 Å². The SMILES string of the molecule is CCCN(CC(=O)O)C(=O)Nc1c(C)cc(Br)cc1C. The molecule has 0 spiro atoms. The van der Waals surface area contributed by atoms with Crippen molar-refractivity contribution in [3.8, 4) is 0 Å². The quantitative estimate of drug-likeness (QED) is 0.861. The first-order valence-corrected chi connectivity index (χ1v) is 7.19. The second kappa shape index (κ2) is 7.28.